The number of furan rings is 1. The predicted molar refractivity (Wildman–Crippen MR) is 78.2 cm³/mol. The number of hydrogen-bond acceptors (Lipinski definition) is 7. The third kappa shape index (κ3) is 3.99. The van der Waals surface area contributed by atoms with Crippen molar-refractivity contribution in [2.75, 3.05) is 0 Å². The Morgan fingerprint density at radius 1 is 1.30 bits per heavy atom. The highest BCUT2D eigenvalue weighted by molar-refractivity contribution is 7.89. The third-order valence-corrected chi connectivity index (χ3v) is 3.56. The molecule has 0 spiro atoms. The fraction of sp³-hybridized carbons (Fsp3) is 0. The molecule has 0 aliphatic rings. The zero-order valence-corrected chi connectivity index (χ0v) is 12.2. The number of hydrogen-bond donors (Lipinski definition) is 2. The molecule has 10 nitrogen and oxygen atoms in total. The largest absolute Gasteiger partial charge is 0.433 e. The van der Waals surface area contributed by atoms with Crippen LogP contribution in [0.15, 0.2) is 50.8 Å². The molecule has 3 N–H and O–H groups in total. The fourth-order valence-electron chi connectivity index (χ4n) is 1.63. The highest BCUT2D eigenvalue weighted by Gasteiger charge is 2.18. The monoisotopic (exact) mass is 338 g/mol. The molecule has 0 bridgehead atoms. The Kier molecular flexibility index (Phi) is 4.52. The minimum atomic E-state index is -4.07. The number of nitrogens with zero attached hydrogens (tertiary/aromatic N) is 2. The minimum Gasteiger partial charge on any atom is -0.400 e. The Morgan fingerprint density at radius 3 is 2.61 bits per heavy atom. The summed E-state index contributed by atoms with van der Waals surface area (Å²) in [6, 6.07) is 7.74. The number of sulfonamides is 1. The summed E-state index contributed by atoms with van der Waals surface area (Å²) in [4.78, 5) is 21.3. The van der Waals surface area contributed by atoms with Crippen LogP contribution in [0.3, 0.4) is 0 Å². The van der Waals surface area contributed by atoms with Crippen LogP contribution < -0.4 is 10.6 Å². The van der Waals surface area contributed by atoms with E-state index in [2.05, 4.69) is 10.5 Å². The van der Waals surface area contributed by atoms with Crippen LogP contribution in [0.5, 0.6) is 0 Å². The van der Waals surface area contributed by atoms with E-state index in [0.29, 0.717) is 0 Å². The molecule has 11 heteroatoms. The number of carbonyl (C=O) groups excluding carboxylic acids is 1. The number of benzene rings is 1. The van der Waals surface area contributed by atoms with Crippen LogP contribution in [0, 0.1) is 10.1 Å². The van der Waals surface area contributed by atoms with Gasteiger partial charge in [0.1, 0.15) is 4.92 Å². The average Bonchev–Trinajstić information content (AvgIpc) is 2.95. The SMILES string of the molecule is NS(=O)(=O)c1ccccc1C(=O)N/N=C/c1ccc([N+](=O)[O-])o1. The van der Waals surface area contributed by atoms with Crippen molar-refractivity contribution in [1.82, 2.24) is 5.43 Å². The van der Waals surface area contributed by atoms with Gasteiger partial charge in [0.15, 0.2) is 5.76 Å². The number of nitro groups is 1. The minimum absolute atomic E-state index is 0.0386. The number of amides is 1. The highest BCUT2D eigenvalue weighted by atomic mass is 32.2. The molecule has 1 heterocycles. The van der Waals surface area contributed by atoms with Gasteiger partial charge >= 0.3 is 5.88 Å². The molecule has 0 saturated carbocycles. The molecule has 1 aromatic carbocycles. The molecule has 0 aliphatic heterocycles. The highest BCUT2D eigenvalue weighted by Crippen LogP contribution is 2.14. The molecule has 0 atom stereocenters. The van der Waals surface area contributed by atoms with Crippen LogP contribution in [0.1, 0.15) is 16.1 Å². The van der Waals surface area contributed by atoms with E-state index >= 15 is 0 Å². The van der Waals surface area contributed by atoms with Gasteiger partial charge in [-0.25, -0.2) is 19.0 Å². The first kappa shape index (κ1) is 16.3. The number of rotatable bonds is 5. The molecule has 0 radical (unpaired) electrons. The van der Waals surface area contributed by atoms with E-state index in [1.165, 1.54) is 30.3 Å². The molecule has 0 unspecified atom stereocenters. The van der Waals surface area contributed by atoms with Gasteiger partial charge in [0.05, 0.1) is 22.7 Å². The lowest BCUT2D eigenvalue weighted by Crippen LogP contribution is -2.23. The van der Waals surface area contributed by atoms with Gasteiger partial charge < -0.3 is 4.42 Å². The van der Waals surface area contributed by atoms with Crippen molar-refractivity contribution in [3.05, 3.63) is 57.8 Å². The van der Waals surface area contributed by atoms with E-state index in [9.17, 15) is 23.3 Å². The number of nitrogens with two attached hydrogens (primary N) is 1. The molecule has 2 aromatic rings. The van der Waals surface area contributed by atoms with Gasteiger partial charge in [-0.3, -0.25) is 14.9 Å². The molecule has 0 fully saturated rings. The summed E-state index contributed by atoms with van der Waals surface area (Å²) in [5.74, 6) is -1.25. The number of primary sulfonamides is 1. The number of nitrogens with one attached hydrogen (secondary N) is 1. The number of carbonyl (C=O) groups is 1. The van der Waals surface area contributed by atoms with E-state index in [-0.39, 0.29) is 16.2 Å². The van der Waals surface area contributed by atoms with Gasteiger partial charge in [-0.15, -0.1) is 0 Å². The lowest BCUT2D eigenvalue weighted by atomic mass is 10.2. The van der Waals surface area contributed by atoms with E-state index in [1.54, 1.807) is 0 Å². The molecule has 2 rings (SSSR count). The van der Waals surface area contributed by atoms with Crippen molar-refractivity contribution >= 4 is 28.0 Å². The lowest BCUT2D eigenvalue weighted by Gasteiger charge is -2.05. The van der Waals surface area contributed by atoms with Gasteiger partial charge in [-0.1, -0.05) is 12.1 Å². The Balaban J connectivity index is 2.14. The second kappa shape index (κ2) is 6.37. The van der Waals surface area contributed by atoms with E-state index in [4.69, 9.17) is 9.56 Å². The molecular weight excluding hydrogens is 328 g/mol. The van der Waals surface area contributed by atoms with Gasteiger partial charge in [0.25, 0.3) is 5.91 Å². The summed E-state index contributed by atoms with van der Waals surface area (Å²) in [5.41, 5.74) is 1.90. The van der Waals surface area contributed by atoms with Gasteiger partial charge in [0.2, 0.25) is 10.0 Å². The second-order valence-electron chi connectivity index (χ2n) is 4.17. The molecule has 23 heavy (non-hydrogen) atoms. The van der Waals surface area contributed by atoms with Crippen LogP contribution in [-0.4, -0.2) is 25.5 Å². The molecule has 0 saturated heterocycles. The van der Waals surface area contributed by atoms with Crippen molar-refractivity contribution in [1.29, 1.82) is 0 Å². The Bertz CT molecular complexity index is 886. The molecule has 1 aromatic heterocycles. The number of hydrazone groups is 1. The molecule has 0 aliphatic carbocycles. The van der Waals surface area contributed by atoms with Crippen LogP contribution >= 0.6 is 0 Å². The Labute approximate surface area is 129 Å². The maximum absolute atomic E-state index is 11.9. The van der Waals surface area contributed by atoms with Crippen LogP contribution in [-0.2, 0) is 10.0 Å². The normalized spacial score (nSPS) is 11.5. The molecule has 120 valence electrons. The first-order valence-corrected chi connectivity index (χ1v) is 7.53. The maximum atomic E-state index is 11.9. The Morgan fingerprint density at radius 2 is 2.00 bits per heavy atom. The van der Waals surface area contributed by atoms with Crippen LogP contribution in [0.4, 0.5) is 5.88 Å². The van der Waals surface area contributed by atoms with Crippen molar-refractivity contribution in [2.45, 2.75) is 4.90 Å². The zero-order chi connectivity index (χ0) is 17.0. The van der Waals surface area contributed by atoms with Crippen LogP contribution in [0.25, 0.3) is 0 Å². The fourth-order valence-corrected chi connectivity index (χ4v) is 2.36. The van der Waals surface area contributed by atoms with Crippen molar-refractivity contribution in [2.24, 2.45) is 10.2 Å². The predicted octanol–water partition coefficient (Wildman–Crippen LogP) is 0.599. The summed E-state index contributed by atoms with van der Waals surface area (Å²) in [6.07, 6.45) is 1.03. The Hall–Kier alpha value is -3.05. The maximum Gasteiger partial charge on any atom is 0.433 e. The summed E-state index contributed by atoms with van der Waals surface area (Å²) in [5, 5.41) is 19.0. The summed E-state index contributed by atoms with van der Waals surface area (Å²) in [6.45, 7) is 0. The quantitative estimate of drug-likeness (QED) is 0.461. The molecular formula is C12H10N4O6S. The van der Waals surface area contributed by atoms with Crippen molar-refractivity contribution in [3.63, 3.8) is 0 Å². The summed E-state index contributed by atoms with van der Waals surface area (Å²) < 4.78 is 27.6. The van der Waals surface area contributed by atoms with Crippen LogP contribution in [0.2, 0.25) is 0 Å². The topological polar surface area (TPSA) is 158 Å². The van der Waals surface area contributed by atoms with Crippen molar-refractivity contribution in [3.8, 4) is 0 Å². The molecule has 1 amide bonds. The smallest absolute Gasteiger partial charge is 0.400 e. The third-order valence-electron chi connectivity index (χ3n) is 2.59. The van der Waals surface area contributed by atoms with Gasteiger partial charge in [0, 0.05) is 0 Å². The summed E-state index contributed by atoms with van der Waals surface area (Å²) in [7, 11) is -4.07. The first-order chi connectivity index (χ1) is 10.8. The standard InChI is InChI=1S/C12H10N4O6S/c13-23(20,21)10-4-2-1-3-9(10)12(17)15-14-7-8-5-6-11(22-8)16(18)19/h1-7H,(H,15,17)(H2,13,20,21)/b14-7+. The lowest BCUT2D eigenvalue weighted by molar-refractivity contribution is -0.402. The van der Waals surface area contributed by atoms with E-state index in [0.717, 1.165) is 12.3 Å². The van der Waals surface area contributed by atoms with Crippen molar-refractivity contribution < 1.29 is 22.6 Å². The first-order valence-electron chi connectivity index (χ1n) is 5.98. The van der Waals surface area contributed by atoms with Gasteiger partial charge in [-0.05, 0) is 18.2 Å². The zero-order valence-electron chi connectivity index (χ0n) is 11.4. The van der Waals surface area contributed by atoms with Gasteiger partial charge in [-0.2, -0.15) is 5.10 Å². The average molecular weight is 338 g/mol. The van der Waals surface area contributed by atoms with E-state index in [1.807, 2.05) is 0 Å². The summed E-state index contributed by atoms with van der Waals surface area (Å²) >= 11 is 0. The second-order valence-corrected chi connectivity index (χ2v) is 5.70. The van der Waals surface area contributed by atoms with E-state index < -0.39 is 26.7 Å².